The molecule has 1 aromatic carbocycles. The van der Waals surface area contributed by atoms with Gasteiger partial charge in [-0.25, -0.2) is 0 Å². The highest BCUT2D eigenvalue weighted by molar-refractivity contribution is 5.98. The van der Waals surface area contributed by atoms with Gasteiger partial charge in [-0.05, 0) is 5.56 Å². The molecule has 80 valence electrons. The van der Waals surface area contributed by atoms with Crippen LogP contribution < -0.4 is 0 Å². The van der Waals surface area contributed by atoms with Crippen molar-refractivity contribution >= 4 is 12.1 Å². The molecule has 0 aliphatic heterocycles. The molecule has 0 atom stereocenters. The maximum atomic E-state index is 8.80. The summed E-state index contributed by atoms with van der Waals surface area (Å²) < 4.78 is 0. The zero-order valence-electron chi connectivity index (χ0n) is 8.62. The molecular weight excluding hydrogens is 194 g/mol. The van der Waals surface area contributed by atoms with Gasteiger partial charge in [-0.1, -0.05) is 34.6 Å². The molecule has 1 aromatic rings. The topological polar surface area (TPSA) is 68.4 Å². The van der Waals surface area contributed by atoms with E-state index in [0.717, 1.165) is 11.1 Å². The van der Waals surface area contributed by atoms with Gasteiger partial charge in [-0.3, -0.25) is 0 Å². The zero-order chi connectivity index (χ0) is 11.3. The Morgan fingerprint density at radius 2 is 1.80 bits per heavy atom. The average Bonchev–Trinajstić information content (AvgIpc) is 2.21. The van der Waals surface area contributed by atoms with Gasteiger partial charge in [0.05, 0.1) is 6.21 Å². The summed E-state index contributed by atoms with van der Waals surface area (Å²) in [4.78, 5) is 1.70. The summed E-state index contributed by atoms with van der Waals surface area (Å²) >= 11 is 0. The van der Waals surface area contributed by atoms with Gasteiger partial charge < -0.3 is 15.3 Å². The maximum Gasteiger partial charge on any atom is 0.174 e. The smallest absolute Gasteiger partial charge is 0.174 e. The lowest BCUT2D eigenvalue weighted by molar-refractivity contribution is 0.310. The number of hydrogen-bond acceptors (Lipinski definition) is 4. The summed E-state index contributed by atoms with van der Waals surface area (Å²) in [7, 11) is 3.58. The fraction of sp³-hybridized carbons (Fsp3) is 0.200. The van der Waals surface area contributed by atoms with Crippen LogP contribution in [0.1, 0.15) is 11.1 Å². The van der Waals surface area contributed by atoms with Crippen LogP contribution in [0, 0.1) is 0 Å². The average molecular weight is 207 g/mol. The first-order chi connectivity index (χ1) is 7.19. The monoisotopic (exact) mass is 207 g/mol. The van der Waals surface area contributed by atoms with Crippen molar-refractivity contribution in [3.05, 3.63) is 35.4 Å². The normalized spacial score (nSPS) is 12.0. The molecular formula is C10H13N3O2. The Morgan fingerprint density at radius 3 is 2.20 bits per heavy atom. The summed E-state index contributed by atoms with van der Waals surface area (Å²) in [6, 6.07) is 7.10. The van der Waals surface area contributed by atoms with Gasteiger partial charge in [0, 0.05) is 19.7 Å². The standard InChI is InChI=1S/C10H13N3O2/c1-13(2)10(12-15)9-5-3-8(4-6-9)7-11-14/h3-7,14-15H,1-2H3/b11-7+,12-10-. The lowest BCUT2D eigenvalue weighted by Crippen LogP contribution is -2.22. The number of hydrogen-bond donors (Lipinski definition) is 2. The minimum absolute atomic E-state index is 0.475. The molecule has 0 aliphatic carbocycles. The van der Waals surface area contributed by atoms with Gasteiger partial charge in [-0.2, -0.15) is 0 Å². The minimum Gasteiger partial charge on any atom is -0.411 e. The van der Waals surface area contributed by atoms with Gasteiger partial charge in [0.25, 0.3) is 0 Å². The molecule has 0 aliphatic rings. The molecule has 0 heterocycles. The van der Waals surface area contributed by atoms with E-state index < -0.39 is 0 Å². The molecule has 0 aromatic heterocycles. The molecule has 0 fully saturated rings. The van der Waals surface area contributed by atoms with E-state index in [1.807, 2.05) is 0 Å². The molecule has 2 N–H and O–H groups in total. The van der Waals surface area contributed by atoms with Crippen LogP contribution in [0.4, 0.5) is 0 Å². The van der Waals surface area contributed by atoms with Gasteiger partial charge in [0.2, 0.25) is 0 Å². The number of nitrogens with zero attached hydrogens (tertiary/aromatic N) is 3. The fourth-order valence-electron chi connectivity index (χ4n) is 1.19. The lowest BCUT2D eigenvalue weighted by Gasteiger charge is -2.13. The number of rotatable bonds is 2. The van der Waals surface area contributed by atoms with Crippen molar-refractivity contribution in [2.24, 2.45) is 10.3 Å². The summed E-state index contributed by atoms with van der Waals surface area (Å²) in [5.74, 6) is 0.475. The van der Waals surface area contributed by atoms with Crippen LogP contribution in [-0.2, 0) is 0 Å². The maximum absolute atomic E-state index is 8.80. The number of benzene rings is 1. The van der Waals surface area contributed by atoms with Gasteiger partial charge in [0.15, 0.2) is 5.84 Å². The van der Waals surface area contributed by atoms with E-state index in [4.69, 9.17) is 10.4 Å². The third-order valence-corrected chi connectivity index (χ3v) is 1.89. The van der Waals surface area contributed by atoms with E-state index in [9.17, 15) is 0 Å². The van der Waals surface area contributed by atoms with Gasteiger partial charge >= 0.3 is 0 Å². The Morgan fingerprint density at radius 1 is 1.20 bits per heavy atom. The predicted octanol–water partition coefficient (Wildman–Crippen LogP) is 1.19. The Kier molecular flexibility index (Phi) is 3.68. The summed E-state index contributed by atoms with van der Waals surface area (Å²) in [6.45, 7) is 0. The largest absolute Gasteiger partial charge is 0.411 e. The van der Waals surface area contributed by atoms with Crippen molar-refractivity contribution < 1.29 is 10.4 Å². The van der Waals surface area contributed by atoms with Crippen molar-refractivity contribution in [3.8, 4) is 0 Å². The third kappa shape index (κ3) is 2.70. The summed E-state index contributed by atoms with van der Waals surface area (Å²) in [5.41, 5.74) is 1.56. The van der Waals surface area contributed by atoms with Crippen LogP contribution in [0.3, 0.4) is 0 Å². The molecule has 0 saturated heterocycles. The molecule has 0 unspecified atom stereocenters. The highest BCUT2D eigenvalue weighted by Gasteiger charge is 2.05. The van der Waals surface area contributed by atoms with Crippen LogP contribution >= 0.6 is 0 Å². The van der Waals surface area contributed by atoms with Crippen LogP contribution in [0.15, 0.2) is 34.6 Å². The van der Waals surface area contributed by atoms with Gasteiger partial charge in [-0.15, -0.1) is 0 Å². The first-order valence-electron chi connectivity index (χ1n) is 4.36. The first-order valence-corrected chi connectivity index (χ1v) is 4.36. The molecule has 0 bridgehead atoms. The highest BCUT2D eigenvalue weighted by atomic mass is 16.4. The number of oxime groups is 2. The molecule has 15 heavy (non-hydrogen) atoms. The zero-order valence-corrected chi connectivity index (χ0v) is 8.62. The molecule has 1 rings (SSSR count). The molecule has 0 amide bonds. The van der Waals surface area contributed by atoms with Crippen molar-refractivity contribution in [3.63, 3.8) is 0 Å². The fourth-order valence-corrected chi connectivity index (χ4v) is 1.19. The van der Waals surface area contributed by atoms with Crippen LogP contribution in [0.2, 0.25) is 0 Å². The van der Waals surface area contributed by atoms with E-state index >= 15 is 0 Å². The predicted molar refractivity (Wildman–Crippen MR) is 57.8 cm³/mol. The second kappa shape index (κ2) is 4.99. The van der Waals surface area contributed by atoms with Crippen molar-refractivity contribution in [2.75, 3.05) is 14.1 Å². The second-order valence-electron chi connectivity index (χ2n) is 3.18. The van der Waals surface area contributed by atoms with Crippen LogP contribution in [0.25, 0.3) is 0 Å². The number of amidine groups is 1. The SMILES string of the molecule is CN(C)/C(=N\O)c1ccc(/C=N/O)cc1. The minimum atomic E-state index is 0.475. The van der Waals surface area contributed by atoms with Crippen molar-refractivity contribution in [1.82, 2.24) is 4.90 Å². The molecule has 0 spiro atoms. The summed E-state index contributed by atoms with van der Waals surface area (Å²) in [5, 5.41) is 23.2. The summed E-state index contributed by atoms with van der Waals surface area (Å²) in [6.07, 6.45) is 1.33. The Balaban J connectivity index is 2.97. The van der Waals surface area contributed by atoms with E-state index in [-0.39, 0.29) is 0 Å². The molecule has 0 saturated carbocycles. The van der Waals surface area contributed by atoms with Crippen LogP contribution in [-0.4, -0.2) is 41.5 Å². The van der Waals surface area contributed by atoms with Crippen LogP contribution in [0.5, 0.6) is 0 Å². The lowest BCUT2D eigenvalue weighted by atomic mass is 10.1. The Hall–Kier alpha value is -2.04. The van der Waals surface area contributed by atoms with Crippen molar-refractivity contribution in [2.45, 2.75) is 0 Å². The van der Waals surface area contributed by atoms with Crippen molar-refractivity contribution in [1.29, 1.82) is 0 Å². The quantitative estimate of drug-likeness (QED) is 0.331. The Labute approximate surface area is 87.9 Å². The van der Waals surface area contributed by atoms with E-state index in [1.165, 1.54) is 6.21 Å². The Bertz CT molecular complexity index is 369. The first kappa shape index (κ1) is 11.0. The molecule has 0 radical (unpaired) electrons. The van der Waals surface area contributed by atoms with E-state index in [2.05, 4.69) is 10.3 Å². The third-order valence-electron chi connectivity index (χ3n) is 1.89. The van der Waals surface area contributed by atoms with E-state index in [0.29, 0.717) is 5.84 Å². The molecule has 5 heteroatoms. The van der Waals surface area contributed by atoms with Gasteiger partial charge in [0.1, 0.15) is 0 Å². The molecule has 5 nitrogen and oxygen atoms in total. The highest BCUT2D eigenvalue weighted by Crippen LogP contribution is 2.05. The second-order valence-corrected chi connectivity index (χ2v) is 3.18. The van der Waals surface area contributed by atoms with E-state index in [1.54, 1.807) is 43.3 Å².